The third-order valence-electron chi connectivity index (χ3n) is 6.42. The standard InChI is InChI=1S/C25H34N4O5S/c1-17-5-6-18-12-23(27-22(18)11-17)21-13-20(7-8-24(21)29-9-3-4-10-29)35(33,34)28(2)15-25(32)26-14-19(31)16-30/h5-8,11-13,19,25-27,30-32H,3-4,9-10,14-16H2,1-2H3/t19-,25?/m1/s1. The summed E-state index contributed by atoms with van der Waals surface area (Å²) >= 11 is 0. The van der Waals surface area contributed by atoms with Gasteiger partial charge in [0.25, 0.3) is 0 Å². The Hall–Kier alpha value is -2.47. The van der Waals surface area contributed by atoms with E-state index in [2.05, 4.69) is 33.4 Å². The summed E-state index contributed by atoms with van der Waals surface area (Å²) in [6, 6.07) is 13.4. The van der Waals surface area contributed by atoms with Gasteiger partial charge in [0.15, 0.2) is 0 Å². The van der Waals surface area contributed by atoms with Gasteiger partial charge in [-0.3, -0.25) is 5.32 Å². The predicted molar refractivity (Wildman–Crippen MR) is 137 cm³/mol. The van der Waals surface area contributed by atoms with E-state index in [1.54, 1.807) is 12.1 Å². The zero-order chi connectivity index (χ0) is 25.2. The molecule has 10 heteroatoms. The lowest BCUT2D eigenvalue weighted by atomic mass is 10.1. The predicted octanol–water partition coefficient (Wildman–Crippen LogP) is 1.63. The van der Waals surface area contributed by atoms with Crippen molar-refractivity contribution in [2.75, 3.05) is 44.7 Å². The summed E-state index contributed by atoms with van der Waals surface area (Å²) in [7, 11) is -2.49. The highest BCUT2D eigenvalue weighted by atomic mass is 32.2. The number of aromatic nitrogens is 1. The van der Waals surface area contributed by atoms with Crippen LogP contribution in [0.4, 0.5) is 5.69 Å². The van der Waals surface area contributed by atoms with Crippen molar-refractivity contribution in [3.05, 3.63) is 48.0 Å². The summed E-state index contributed by atoms with van der Waals surface area (Å²) in [5.74, 6) is 0. The second kappa shape index (κ2) is 10.7. The first kappa shape index (κ1) is 25.6. The SMILES string of the molecule is Cc1ccc2cc(-c3cc(S(=O)(=O)N(C)CC(O)NC[C@@H](O)CO)ccc3N3CCCC3)[nH]c2c1. The van der Waals surface area contributed by atoms with Crippen LogP contribution in [0.15, 0.2) is 47.4 Å². The molecule has 0 spiro atoms. The molecule has 1 aliphatic rings. The molecule has 0 amide bonds. The lowest BCUT2D eigenvalue weighted by Crippen LogP contribution is -2.44. The number of rotatable bonds is 10. The van der Waals surface area contributed by atoms with Crippen molar-refractivity contribution in [2.45, 2.75) is 37.0 Å². The van der Waals surface area contributed by atoms with E-state index in [4.69, 9.17) is 5.11 Å². The number of H-pyrrole nitrogens is 1. The summed E-state index contributed by atoms with van der Waals surface area (Å²) in [6.45, 7) is 3.17. The molecule has 1 aliphatic heterocycles. The van der Waals surface area contributed by atoms with Crippen LogP contribution in [-0.2, 0) is 10.0 Å². The number of fused-ring (bicyclic) bond motifs is 1. The minimum atomic E-state index is -3.90. The number of aliphatic hydroxyl groups is 3. The van der Waals surface area contributed by atoms with E-state index in [1.165, 1.54) is 7.05 Å². The minimum Gasteiger partial charge on any atom is -0.394 e. The fraction of sp³-hybridized carbons (Fsp3) is 0.440. The zero-order valence-electron chi connectivity index (χ0n) is 20.1. The van der Waals surface area contributed by atoms with Crippen LogP contribution in [0.2, 0.25) is 0 Å². The number of hydrogen-bond donors (Lipinski definition) is 5. The molecule has 1 unspecified atom stereocenters. The molecule has 5 N–H and O–H groups in total. The van der Waals surface area contributed by atoms with Gasteiger partial charge in [0.05, 0.1) is 24.2 Å². The molecule has 4 rings (SSSR count). The Morgan fingerprint density at radius 1 is 1.11 bits per heavy atom. The van der Waals surface area contributed by atoms with Gasteiger partial charge in [0, 0.05) is 54.5 Å². The van der Waals surface area contributed by atoms with Crippen LogP contribution >= 0.6 is 0 Å². The van der Waals surface area contributed by atoms with Crippen LogP contribution in [0.1, 0.15) is 18.4 Å². The molecule has 2 atom stereocenters. The third kappa shape index (κ3) is 5.69. The van der Waals surface area contributed by atoms with Crippen molar-refractivity contribution in [1.82, 2.24) is 14.6 Å². The summed E-state index contributed by atoms with van der Waals surface area (Å²) in [4.78, 5) is 5.88. The van der Waals surface area contributed by atoms with Crippen LogP contribution in [-0.4, -0.2) is 85.2 Å². The highest BCUT2D eigenvalue weighted by Gasteiger charge is 2.26. The van der Waals surface area contributed by atoms with Gasteiger partial charge in [-0.25, -0.2) is 8.42 Å². The Morgan fingerprint density at radius 3 is 2.57 bits per heavy atom. The van der Waals surface area contributed by atoms with Gasteiger partial charge in [-0.05, 0) is 55.7 Å². The normalized spacial score (nSPS) is 16.3. The van der Waals surface area contributed by atoms with Gasteiger partial charge in [0.2, 0.25) is 10.0 Å². The first-order valence-electron chi connectivity index (χ1n) is 11.8. The zero-order valence-corrected chi connectivity index (χ0v) is 20.9. The fourth-order valence-electron chi connectivity index (χ4n) is 4.43. The number of sulfonamides is 1. The molecule has 3 aromatic rings. The summed E-state index contributed by atoms with van der Waals surface area (Å²) in [5.41, 5.74) is 4.80. The Labute approximate surface area is 206 Å². The average Bonchev–Trinajstić information content (AvgIpc) is 3.52. The lowest BCUT2D eigenvalue weighted by Gasteiger charge is -2.24. The summed E-state index contributed by atoms with van der Waals surface area (Å²) in [6.07, 6.45) is -0.0304. The second-order valence-electron chi connectivity index (χ2n) is 9.19. The van der Waals surface area contributed by atoms with E-state index in [0.29, 0.717) is 0 Å². The van der Waals surface area contributed by atoms with Crippen molar-refractivity contribution in [3.8, 4) is 11.3 Å². The summed E-state index contributed by atoms with van der Waals surface area (Å²) in [5, 5.41) is 32.2. The molecule has 0 radical (unpaired) electrons. The highest BCUT2D eigenvalue weighted by Crippen LogP contribution is 2.36. The van der Waals surface area contributed by atoms with Crippen molar-refractivity contribution < 1.29 is 23.7 Å². The number of likely N-dealkylation sites (N-methyl/N-ethyl adjacent to an activating group) is 1. The molecule has 1 aromatic heterocycles. The number of anilines is 1. The number of nitrogens with one attached hydrogen (secondary N) is 2. The topological polar surface area (TPSA) is 129 Å². The van der Waals surface area contributed by atoms with E-state index in [0.717, 1.165) is 63.6 Å². The van der Waals surface area contributed by atoms with Crippen LogP contribution in [0.25, 0.3) is 22.2 Å². The molecular formula is C25H34N4O5S. The smallest absolute Gasteiger partial charge is 0.242 e. The molecule has 35 heavy (non-hydrogen) atoms. The lowest BCUT2D eigenvalue weighted by molar-refractivity contribution is 0.0620. The number of hydrogen-bond acceptors (Lipinski definition) is 7. The van der Waals surface area contributed by atoms with Gasteiger partial charge in [-0.1, -0.05) is 12.1 Å². The van der Waals surface area contributed by atoms with Crippen molar-refractivity contribution in [2.24, 2.45) is 0 Å². The number of aromatic amines is 1. The third-order valence-corrected chi connectivity index (χ3v) is 8.24. The second-order valence-corrected chi connectivity index (χ2v) is 11.2. The van der Waals surface area contributed by atoms with Gasteiger partial charge in [-0.15, -0.1) is 0 Å². The molecule has 9 nitrogen and oxygen atoms in total. The van der Waals surface area contributed by atoms with E-state index in [9.17, 15) is 18.6 Å². The largest absolute Gasteiger partial charge is 0.394 e. The van der Waals surface area contributed by atoms with Crippen LogP contribution in [0, 0.1) is 6.92 Å². The molecule has 1 fully saturated rings. The Morgan fingerprint density at radius 2 is 1.86 bits per heavy atom. The monoisotopic (exact) mass is 502 g/mol. The Balaban J connectivity index is 1.66. The van der Waals surface area contributed by atoms with Crippen LogP contribution < -0.4 is 10.2 Å². The maximum Gasteiger partial charge on any atom is 0.242 e. The molecule has 0 bridgehead atoms. The maximum atomic E-state index is 13.4. The Kier molecular flexibility index (Phi) is 7.80. The molecule has 0 saturated carbocycles. The fourth-order valence-corrected chi connectivity index (χ4v) is 5.64. The van der Waals surface area contributed by atoms with E-state index in [1.807, 2.05) is 19.1 Å². The molecule has 0 aliphatic carbocycles. The Bertz CT molecular complexity index is 1270. The maximum absolute atomic E-state index is 13.4. The first-order chi connectivity index (χ1) is 16.7. The van der Waals surface area contributed by atoms with Gasteiger partial charge in [-0.2, -0.15) is 4.31 Å². The van der Waals surface area contributed by atoms with Crippen molar-refractivity contribution in [3.63, 3.8) is 0 Å². The molecular weight excluding hydrogens is 468 g/mol. The number of aliphatic hydroxyl groups excluding tert-OH is 3. The van der Waals surface area contributed by atoms with Crippen LogP contribution in [0.3, 0.4) is 0 Å². The quantitative estimate of drug-likeness (QED) is 0.267. The summed E-state index contributed by atoms with van der Waals surface area (Å²) < 4.78 is 27.8. The molecule has 2 heterocycles. The van der Waals surface area contributed by atoms with E-state index < -0.39 is 29.0 Å². The molecule has 190 valence electrons. The van der Waals surface area contributed by atoms with Gasteiger partial charge >= 0.3 is 0 Å². The van der Waals surface area contributed by atoms with Gasteiger partial charge in [0.1, 0.15) is 6.23 Å². The minimum absolute atomic E-state index is 0.0555. The van der Waals surface area contributed by atoms with Crippen LogP contribution in [0.5, 0.6) is 0 Å². The number of benzene rings is 2. The van der Waals surface area contributed by atoms with Crippen molar-refractivity contribution in [1.29, 1.82) is 0 Å². The molecule has 1 saturated heterocycles. The van der Waals surface area contributed by atoms with E-state index in [-0.39, 0.29) is 18.0 Å². The molecule has 2 aromatic carbocycles. The van der Waals surface area contributed by atoms with E-state index >= 15 is 0 Å². The van der Waals surface area contributed by atoms with Gasteiger partial charge < -0.3 is 25.2 Å². The van der Waals surface area contributed by atoms with Crippen molar-refractivity contribution >= 4 is 26.6 Å². The average molecular weight is 503 g/mol. The highest BCUT2D eigenvalue weighted by molar-refractivity contribution is 7.89. The number of nitrogens with zero attached hydrogens (tertiary/aromatic N) is 2. The first-order valence-corrected chi connectivity index (χ1v) is 13.3. The number of aryl methyl sites for hydroxylation is 1.